The predicted molar refractivity (Wildman–Crippen MR) is 75.7 cm³/mol. The number of rotatable bonds is 4. The van der Waals surface area contributed by atoms with Gasteiger partial charge in [-0.2, -0.15) is 5.10 Å². The van der Waals surface area contributed by atoms with Crippen molar-refractivity contribution in [2.75, 3.05) is 7.11 Å². The third kappa shape index (κ3) is 4.02. The van der Waals surface area contributed by atoms with Gasteiger partial charge in [0.1, 0.15) is 5.84 Å². The van der Waals surface area contributed by atoms with Crippen LogP contribution in [0.3, 0.4) is 0 Å². The minimum atomic E-state index is -0.498. The van der Waals surface area contributed by atoms with E-state index in [0.717, 1.165) is 11.8 Å². The number of nitrogens with one attached hydrogen (secondary N) is 2. The quantitative estimate of drug-likeness (QED) is 0.619. The first-order chi connectivity index (χ1) is 10.1. The summed E-state index contributed by atoms with van der Waals surface area (Å²) >= 11 is 0.922. The lowest BCUT2D eigenvalue weighted by atomic mass is 10.2. The molecule has 2 heterocycles. The molecule has 2 rings (SSSR count). The molecule has 0 bridgehead atoms. The Balaban J connectivity index is 2.03. The van der Waals surface area contributed by atoms with Gasteiger partial charge in [-0.05, 0) is 12.1 Å². The predicted octanol–water partition coefficient (Wildman–Crippen LogP) is 0.513. The molecule has 1 aliphatic rings. The van der Waals surface area contributed by atoms with Crippen molar-refractivity contribution < 1.29 is 19.1 Å². The van der Waals surface area contributed by atoms with E-state index in [1.165, 1.54) is 31.6 Å². The number of amidine groups is 1. The van der Waals surface area contributed by atoms with Gasteiger partial charge < -0.3 is 10.1 Å². The van der Waals surface area contributed by atoms with Crippen LogP contribution in [-0.4, -0.2) is 40.3 Å². The van der Waals surface area contributed by atoms with E-state index >= 15 is 0 Å². The zero-order chi connectivity index (χ0) is 15.2. The lowest BCUT2D eigenvalue weighted by molar-refractivity contribution is -0.140. The average Bonchev–Trinajstić information content (AvgIpc) is 2.85. The molecule has 0 saturated carbocycles. The molecule has 8 nitrogen and oxygen atoms in total. The van der Waals surface area contributed by atoms with Gasteiger partial charge in [0.05, 0.1) is 18.8 Å². The fourth-order valence-electron chi connectivity index (χ4n) is 1.55. The number of pyridine rings is 1. The van der Waals surface area contributed by atoms with E-state index in [-0.39, 0.29) is 17.5 Å². The Hall–Kier alpha value is -2.42. The van der Waals surface area contributed by atoms with Gasteiger partial charge in [0.25, 0.3) is 11.1 Å². The highest BCUT2D eigenvalue weighted by Crippen LogP contribution is 2.23. The monoisotopic (exact) mass is 308 g/mol. The molecule has 1 aromatic rings. The van der Waals surface area contributed by atoms with Gasteiger partial charge in [-0.3, -0.25) is 19.4 Å². The number of nitrogens with zero attached hydrogens (tertiary/aromatic N) is 2. The molecule has 21 heavy (non-hydrogen) atoms. The van der Waals surface area contributed by atoms with E-state index < -0.39 is 17.1 Å². The van der Waals surface area contributed by atoms with E-state index in [4.69, 9.17) is 0 Å². The summed E-state index contributed by atoms with van der Waals surface area (Å²) in [6, 6.07) is 3.06. The fraction of sp³-hybridized carbons (Fsp3) is 0.250. The van der Waals surface area contributed by atoms with E-state index in [9.17, 15) is 14.4 Å². The van der Waals surface area contributed by atoms with Gasteiger partial charge in [0.15, 0.2) is 0 Å². The summed E-state index contributed by atoms with van der Waals surface area (Å²) in [5, 5.41) is 5.50. The largest absolute Gasteiger partial charge is 0.469 e. The third-order valence-electron chi connectivity index (χ3n) is 2.58. The first-order valence-electron chi connectivity index (χ1n) is 5.92. The van der Waals surface area contributed by atoms with Crippen molar-refractivity contribution in [2.45, 2.75) is 11.7 Å². The van der Waals surface area contributed by atoms with Crippen LogP contribution in [0.5, 0.6) is 0 Å². The van der Waals surface area contributed by atoms with Gasteiger partial charge in [0, 0.05) is 18.0 Å². The summed E-state index contributed by atoms with van der Waals surface area (Å²) in [4.78, 5) is 38.2. The summed E-state index contributed by atoms with van der Waals surface area (Å²) in [6.07, 6.45) is 2.95. The minimum Gasteiger partial charge on any atom is -0.469 e. The van der Waals surface area contributed by atoms with Crippen LogP contribution in [0, 0.1) is 0 Å². The number of carbonyl (C=O) groups excluding carboxylic acids is 3. The first kappa shape index (κ1) is 15.0. The normalized spacial score (nSPS) is 19.2. The van der Waals surface area contributed by atoms with Gasteiger partial charge >= 0.3 is 5.97 Å². The molecule has 2 amide bonds. The molecule has 1 fully saturated rings. The number of aromatic nitrogens is 1. The highest BCUT2D eigenvalue weighted by molar-refractivity contribution is 8.15. The standard InChI is InChI=1S/C12H12N4O4S/c1-20-9(17)6-8-10(14-12(19)21-8)15-16-11(18)7-2-4-13-5-3-7/h2-5,8H,6H2,1H3,(H,16,18)(H,14,15,19)/t8-/m1/s1. The Kier molecular flexibility index (Phi) is 4.88. The second kappa shape index (κ2) is 6.84. The van der Waals surface area contributed by atoms with E-state index in [0.29, 0.717) is 5.56 Å². The maximum absolute atomic E-state index is 11.8. The Morgan fingerprint density at radius 2 is 2.19 bits per heavy atom. The van der Waals surface area contributed by atoms with Crippen molar-refractivity contribution in [3.05, 3.63) is 30.1 Å². The fourth-order valence-corrected chi connectivity index (χ4v) is 2.42. The molecule has 0 unspecified atom stereocenters. The molecule has 9 heteroatoms. The Labute approximate surface area is 124 Å². The van der Waals surface area contributed by atoms with E-state index in [1.54, 1.807) is 0 Å². The molecule has 1 aromatic heterocycles. The SMILES string of the molecule is COC(=O)C[C@H]1SC(=O)N/C1=N\NC(=O)c1ccncc1. The van der Waals surface area contributed by atoms with E-state index in [1.807, 2.05) is 0 Å². The molecular weight excluding hydrogens is 296 g/mol. The molecule has 1 aliphatic heterocycles. The zero-order valence-corrected chi connectivity index (χ0v) is 11.8. The van der Waals surface area contributed by atoms with Crippen LogP contribution in [0.2, 0.25) is 0 Å². The highest BCUT2D eigenvalue weighted by atomic mass is 32.2. The Bertz CT molecular complexity index is 590. The molecule has 0 radical (unpaired) electrons. The van der Waals surface area contributed by atoms with Gasteiger partial charge in [-0.1, -0.05) is 11.8 Å². The van der Waals surface area contributed by atoms with Gasteiger partial charge in [-0.15, -0.1) is 0 Å². The van der Waals surface area contributed by atoms with Crippen molar-refractivity contribution in [1.82, 2.24) is 15.7 Å². The van der Waals surface area contributed by atoms with Crippen LogP contribution in [-0.2, 0) is 9.53 Å². The third-order valence-corrected chi connectivity index (χ3v) is 3.58. The van der Waals surface area contributed by atoms with Gasteiger partial charge in [0.2, 0.25) is 0 Å². The number of hydrogen-bond donors (Lipinski definition) is 2. The number of hydrazone groups is 1. The summed E-state index contributed by atoms with van der Waals surface area (Å²) in [5.74, 6) is -0.678. The highest BCUT2D eigenvalue weighted by Gasteiger charge is 2.32. The average molecular weight is 308 g/mol. The number of amides is 2. The summed E-state index contributed by atoms with van der Waals surface area (Å²) < 4.78 is 4.55. The van der Waals surface area contributed by atoms with Crippen molar-refractivity contribution in [3.63, 3.8) is 0 Å². The maximum Gasteiger partial charge on any atom is 0.307 e. The lowest BCUT2D eigenvalue weighted by Gasteiger charge is -2.07. The molecular formula is C12H12N4O4S. The van der Waals surface area contributed by atoms with Crippen molar-refractivity contribution in [1.29, 1.82) is 0 Å². The van der Waals surface area contributed by atoms with E-state index in [2.05, 4.69) is 25.6 Å². The summed E-state index contributed by atoms with van der Waals surface area (Å²) in [5.41, 5.74) is 2.71. The second-order valence-corrected chi connectivity index (χ2v) is 5.15. The van der Waals surface area contributed by atoms with Crippen LogP contribution in [0.15, 0.2) is 29.6 Å². The molecule has 2 N–H and O–H groups in total. The molecule has 0 aliphatic carbocycles. The topological polar surface area (TPSA) is 110 Å². The van der Waals surface area contributed by atoms with Crippen LogP contribution in [0.4, 0.5) is 4.79 Å². The number of thioether (sulfide) groups is 1. The number of esters is 1. The van der Waals surface area contributed by atoms with Crippen LogP contribution in [0.25, 0.3) is 0 Å². The Morgan fingerprint density at radius 1 is 1.48 bits per heavy atom. The van der Waals surface area contributed by atoms with Crippen molar-refractivity contribution >= 4 is 34.7 Å². The minimum absolute atomic E-state index is 0.0101. The number of carbonyl (C=O) groups is 3. The van der Waals surface area contributed by atoms with Crippen molar-refractivity contribution in [2.24, 2.45) is 5.10 Å². The molecule has 110 valence electrons. The molecule has 0 aromatic carbocycles. The molecule has 1 saturated heterocycles. The number of methoxy groups -OCH3 is 1. The van der Waals surface area contributed by atoms with Crippen LogP contribution < -0.4 is 10.7 Å². The second-order valence-electron chi connectivity index (χ2n) is 3.97. The number of ether oxygens (including phenoxy) is 1. The summed E-state index contributed by atoms with van der Waals surface area (Å²) in [7, 11) is 1.26. The lowest BCUT2D eigenvalue weighted by Crippen LogP contribution is -2.31. The van der Waals surface area contributed by atoms with Crippen LogP contribution in [0.1, 0.15) is 16.8 Å². The molecule has 1 atom stereocenters. The maximum atomic E-state index is 11.8. The van der Waals surface area contributed by atoms with Crippen molar-refractivity contribution in [3.8, 4) is 0 Å². The van der Waals surface area contributed by atoms with Gasteiger partial charge in [-0.25, -0.2) is 5.43 Å². The Morgan fingerprint density at radius 3 is 2.86 bits per heavy atom. The summed E-state index contributed by atoms with van der Waals surface area (Å²) in [6.45, 7) is 0. The smallest absolute Gasteiger partial charge is 0.307 e. The number of hydrogen-bond acceptors (Lipinski definition) is 7. The van der Waals surface area contributed by atoms with Crippen LogP contribution >= 0.6 is 11.8 Å². The zero-order valence-electron chi connectivity index (χ0n) is 11.0. The molecule has 0 spiro atoms. The first-order valence-corrected chi connectivity index (χ1v) is 6.80.